The minimum absolute atomic E-state index is 0.158. The molecule has 0 aromatic heterocycles. The molecule has 0 radical (unpaired) electrons. The second kappa shape index (κ2) is 14.8. The predicted molar refractivity (Wildman–Crippen MR) is 208 cm³/mol. The zero-order valence-corrected chi connectivity index (χ0v) is 33.0. The molecule has 0 spiro atoms. The van der Waals surface area contributed by atoms with Crippen molar-refractivity contribution >= 4 is 0 Å². The highest BCUT2D eigenvalue weighted by molar-refractivity contribution is 5.10. The van der Waals surface area contributed by atoms with Crippen molar-refractivity contribution in [2.24, 2.45) is 107 Å². The molecule has 51 heavy (non-hydrogen) atoms. The van der Waals surface area contributed by atoms with Gasteiger partial charge in [0.05, 0.1) is 0 Å². The van der Waals surface area contributed by atoms with Gasteiger partial charge in [0.1, 0.15) is 0 Å². The topological polar surface area (TPSA) is 40.5 Å². The van der Waals surface area contributed by atoms with Gasteiger partial charge in [-0.25, -0.2) is 0 Å². The molecule has 10 aliphatic rings. The summed E-state index contributed by atoms with van der Waals surface area (Å²) in [6, 6.07) is 0. The van der Waals surface area contributed by atoms with Gasteiger partial charge in [-0.2, -0.15) is 0 Å². The van der Waals surface area contributed by atoms with Crippen molar-refractivity contribution in [1.82, 2.24) is 0 Å². The van der Waals surface area contributed by atoms with Gasteiger partial charge in [-0.05, 0) is 197 Å². The van der Waals surface area contributed by atoms with Crippen molar-refractivity contribution in [1.29, 1.82) is 0 Å². The Balaban J connectivity index is 0.878. The summed E-state index contributed by atoms with van der Waals surface area (Å²) in [5.41, 5.74) is 0. The highest BCUT2D eigenvalue weighted by Crippen LogP contribution is 2.66. The van der Waals surface area contributed by atoms with Crippen LogP contribution in [-0.4, -0.2) is 16.0 Å². The molecule has 0 amide bonds. The zero-order chi connectivity index (χ0) is 34.1. The van der Waals surface area contributed by atoms with Gasteiger partial charge in [-0.3, -0.25) is 0 Å². The fourth-order valence-corrected chi connectivity index (χ4v) is 19.0. The molecular formula is C49H80O2. The monoisotopic (exact) mass is 701 g/mol. The fraction of sp³-hybridized carbons (Fsp3) is 1.00. The van der Waals surface area contributed by atoms with Gasteiger partial charge in [0.15, 0.2) is 5.79 Å². The number of hydrogen-bond donors (Lipinski definition) is 2. The quantitative estimate of drug-likeness (QED) is 0.280. The highest BCUT2D eigenvalue weighted by Gasteiger charge is 2.64. The Labute approximate surface area is 314 Å². The fourth-order valence-electron chi connectivity index (χ4n) is 19.0. The number of hydrogen-bond acceptors (Lipinski definition) is 2. The van der Waals surface area contributed by atoms with Crippen molar-refractivity contribution in [3.8, 4) is 0 Å². The van der Waals surface area contributed by atoms with Crippen molar-refractivity contribution in [3.63, 3.8) is 0 Å². The molecule has 10 fully saturated rings. The van der Waals surface area contributed by atoms with E-state index in [4.69, 9.17) is 0 Å². The molecule has 0 bridgehead atoms. The maximum Gasteiger partial charge on any atom is 0.168 e. The molecule has 0 aromatic carbocycles. The van der Waals surface area contributed by atoms with Gasteiger partial charge in [-0.15, -0.1) is 0 Å². The summed E-state index contributed by atoms with van der Waals surface area (Å²) in [7, 11) is 0. The Morgan fingerprint density at radius 2 is 0.824 bits per heavy atom. The minimum Gasteiger partial charge on any atom is -0.365 e. The first-order valence-corrected chi connectivity index (χ1v) is 24.5. The molecule has 14 atom stereocenters. The van der Waals surface area contributed by atoms with E-state index >= 15 is 0 Å². The molecule has 0 heterocycles. The van der Waals surface area contributed by atoms with Gasteiger partial charge in [0.25, 0.3) is 0 Å². The van der Waals surface area contributed by atoms with Crippen molar-refractivity contribution in [2.75, 3.05) is 0 Å². The van der Waals surface area contributed by atoms with Crippen LogP contribution in [0.2, 0.25) is 0 Å². The van der Waals surface area contributed by atoms with E-state index in [1.807, 2.05) is 0 Å². The average Bonchev–Trinajstić information content (AvgIpc) is 3.64. The SMILES string of the molecule is OC1(O)C2CC(C(C3CCC(C4CCCCC4)CC3)C3CCCC4CCCCC43)CCC2C2CCC(C3C4CCCCC4C4CCCCC43)CC21. The maximum absolute atomic E-state index is 12.6. The Morgan fingerprint density at radius 3 is 1.53 bits per heavy atom. The second-order valence-corrected chi connectivity index (χ2v) is 22.2. The lowest BCUT2D eigenvalue weighted by Gasteiger charge is -2.52. The Morgan fingerprint density at radius 1 is 0.333 bits per heavy atom. The largest absolute Gasteiger partial charge is 0.365 e. The van der Waals surface area contributed by atoms with Crippen molar-refractivity contribution < 1.29 is 10.2 Å². The summed E-state index contributed by atoms with van der Waals surface area (Å²) in [4.78, 5) is 0. The number of rotatable bonds is 5. The molecule has 10 aliphatic carbocycles. The van der Waals surface area contributed by atoms with Crippen LogP contribution in [0.25, 0.3) is 0 Å². The van der Waals surface area contributed by atoms with E-state index in [9.17, 15) is 10.2 Å². The lowest BCUT2D eigenvalue weighted by atomic mass is 9.53. The van der Waals surface area contributed by atoms with E-state index in [-0.39, 0.29) is 11.8 Å². The molecule has 14 unspecified atom stereocenters. The molecule has 10 saturated carbocycles. The maximum atomic E-state index is 12.6. The van der Waals surface area contributed by atoms with E-state index < -0.39 is 5.79 Å². The van der Waals surface area contributed by atoms with Crippen LogP contribution in [0.4, 0.5) is 0 Å². The van der Waals surface area contributed by atoms with Crippen LogP contribution >= 0.6 is 0 Å². The third kappa shape index (κ3) is 6.30. The van der Waals surface area contributed by atoms with E-state index in [1.54, 1.807) is 0 Å². The van der Waals surface area contributed by atoms with Crippen LogP contribution in [0, 0.1) is 107 Å². The summed E-state index contributed by atoms with van der Waals surface area (Å²) in [5.74, 6) is 13.3. The third-order valence-corrected chi connectivity index (χ3v) is 20.7. The molecule has 288 valence electrons. The van der Waals surface area contributed by atoms with Gasteiger partial charge >= 0.3 is 0 Å². The molecule has 2 heteroatoms. The van der Waals surface area contributed by atoms with Crippen LogP contribution in [0.5, 0.6) is 0 Å². The first-order valence-electron chi connectivity index (χ1n) is 24.5. The molecular weight excluding hydrogens is 621 g/mol. The van der Waals surface area contributed by atoms with Gasteiger partial charge in [-0.1, -0.05) is 89.9 Å². The standard InChI is InChI=1S/C49H80O2/c50-49(51)45-29-35(47(42-20-10-14-33-13-4-5-15-37(33)42)34-23-21-32(22-24-34)31-11-2-1-3-12-31)25-27-40(45)41-28-26-36(30-46(41)49)48-43-18-8-6-16-38(43)39-17-7-9-19-44(39)48/h31-48,50-51H,1-30H2. The molecule has 10 rings (SSSR count). The van der Waals surface area contributed by atoms with Crippen LogP contribution in [0.1, 0.15) is 193 Å². The summed E-state index contributed by atoms with van der Waals surface area (Å²) in [6.45, 7) is 0. The van der Waals surface area contributed by atoms with Gasteiger partial charge in [0, 0.05) is 11.8 Å². The van der Waals surface area contributed by atoms with E-state index in [2.05, 4.69) is 0 Å². The second-order valence-electron chi connectivity index (χ2n) is 22.2. The van der Waals surface area contributed by atoms with Crippen LogP contribution < -0.4 is 0 Å². The predicted octanol–water partition coefficient (Wildman–Crippen LogP) is 12.6. The summed E-state index contributed by atoms with van der Waals surface area (Å²) >= 11 is 0. The highest BCUT2D eigenvalue weighted by atomic mass is 16.5. The average molecular weight is 701 g/mol. The van der Waals surface area contributed by atoms with Crippen molar-refractivity contribution in [3.05, 3.63) is 0 Å². The molecule has 2 N–H and O–H groups in total. The Hall–Kier alpha value is -0.0800. The number of fused-ring (bicyclic) bond motifs is 7. The minimum atomic E-state index is -1.41. The van der Waals surface area contributed by atoms with E-state index in [1.165, 1.54) is 180 Å². The normalized spacial score (nSPS) is 52.1. The third-order valence-electron chi connectivity index (χ3n) is 20.7. The smallest absolute Gasteiger partial charge is 0.168 e. The molecule has 0 saturated heterocycles. The Bertz CT molecular complexity index is 1140. The lowest BCUT2D eigenvalue weighted by molar-refractivity contribution is -0.234. The van der Waals surface area contributed by atoms with Gasteiger partial charge in [0.2, 0.25) is 0 Å². The Kier molecular flexibility index (Phi) is 10.2. The molecule has 0 aromatic rings. The lowest BCUT2D eigenvalue weighted by Crippen LogP contribution is -2.47. The first-order chi connectivity index (χ1) is 25.1. The van der Waals surface area contributed by atoms with Crippen LogP contribution in [0.3, 0.4) is 0 Å². The first kappa shape index (κ1) is 35.3. The van der Waals surface area contributed by atoms with Gasteiger partial charge < -0.3 is 10.2 Å². The van der Waals surface area contributed by atoms with E-state index in [0.29, 0.717) is 11.8 Å². The summed E-state index contributed by atoms with van der Waals surface area (Å²) in [6.07, 6.45) is 43.8. The van der Waals surface area contributed by atoms with E-state index in [0.717, 1.165) is 95.7 Å². The van der Waals surface area contributed by atoms with Crippen molar-refractivity contribution in [2.45, 2.75) is 198 Å². The van der Waals surface area contributed by atoms with Crippen LogP contribution in [-0.2, 0) is 0 Å². The van der Waals surface area contributed by atoms with Crippen LogP contribution in [0.15, 0.2) is 0 Å². The molecule has 2 nitrogen and oxygen atoms in total. The molecule has 0 aliphatic heterocycles. The summed E-state index contributed by atoms with van der Waals surface area (Å²) < 4.78 is 0. The summed E-state index contributed by atoms with van der Waals surface area (Å²) in [5, 5.41) is 25.1. The number of aliphatic hydroxyl groups is 2. The zero-order valence-electron chi connectivity index (χ0n) is 33.0.